The van der Waals surface area contributed by atoms with Gasteiger partial charge in [-0.3, -0.25) is 9.63 Å². The first-order valence-electron chi connectivity index (χ1n) is 5.86. The second-order valence-electron chi connectivity index (χ2n) is 4.08. The maximum absolute atomic E-state index is 12.2. The van der Waals surface area contributed by atoms with Crippen LogP contribution in [0, 0.1) is 0 Å². The molecule has 0 saturated heterocycles. The molecular weight excluding hydrogens is 242 g/mol. The van der Waals surface area contributed by atoms with Crippen LogP contribution in [0.5, 0.6) is 0 Å². The molecule has 0 saturated carbocycles. The van der Waals surface area contributed by atoms with Crippen molar-refractivity contribution in [2.24, 2.45) is 0 Å². The van der Waals surface area contributed by atoms with Crippen LogP contribution < -0.4 is 5.48 Å². The second kappa shape index (κ2) is 5.65. The Labute approximate surface area is 111 Å². The molecule has 98 valence electrons. The van der Waals surface area contributed by atoms with E-state index in [1.807, 2.05) is 12.1 Å². The molecule has 0 aliphatic rings. The Morgan fingerprint density at radius 3 is 1.79 bits per heavy atom. The van der Waals surface area contributed by atoms with Crippen molar-refractivity contribution in [1.82, 2.24) is 5.48 Å². The van der Waals surface area contributed by atoms with Gasteiger partial charge in [0.05, 0.1) is 7.11 Å². The van der Waals surface area contributed by atoms with Crippen LogP contribution in [0.2, 0.25) is 0 Å². The maximum Gasteiger partial charge on any atom is 0.284 e. The lowest BCUT2D eigenvalue weighted by Gasteiger charge is -2.27. The monoisotopic (exact) mass is 257 g/mol. The molecule has 0 unspecified atom stereocenters. The zero-order valence-electron chi connectivity index (χ0n) is 10.5. The smallest absolute Gasteiger partial charge is 0.284 e. The number of hydrogen-bond acceptors (Lipinski definition) is 3. The lowest BCUT2D eigenvalue weighted by Crippen LogP contribution is -2.44. The first-order valence-corrected chi connectivity index (χ1v) is 5.86. The first-order chi connectivity index (χ1) is 9.19. The van der Waals surface area contributed by atoms with E-state index in [9.17, 15) is 9.90 Å². The van der Waals surface area contributed by atoms with Gasteiger partial charge in [0.15, 0.2) is 5.60 Å². The van der Waals surface area contributed by atoms with E-state index in [1.54, 1.807) is 48.5 Å². The highest BCUT2D eigenvalue weighted by Gasteiger charge is 2.39. The molecule has 0 bridgehead atoms. The van der Waals surface area contributed by atoms with Gasteiger partial charge in [0.25, 0.3) is 5.91 Å². The molecule has 0 radical (unpaired) electrons. The Kier molecular flexibility index (Phi) is 3.94. The third kappa shape index (κ3) is 2.50. The zero-order chi connectivity index (χ0) is 13.7. The average Bonchev–Trinajstić information content (AvgIpc) is 2.48. The average molecular weight is 257 g/mol. The molecule has 0 aromatic heterocycles. The van der Waals surface area contributed by atoms with Gasteiger partial charge < -0.3 is 5.11 Å². The summed E-state index contributed by atoms with van der Waals surface area (Å²) < 4.78 is 0. The minimum atomic E-state index is -1.78. The fourth-order valence-electron chi connectivity index (χ4n) is 1.95. The van der Waals surface area contributed by atoms with Crippen molar-refractivity contribution in [3.63, 3.8) is 0 Å². The van der Waals surface area contributed by atoms with E-state index < -0.39 is 11.5 Å². The summed E-state index contributed by atoms with van der Waals surface area (Å²) in [5, 5.41) is 10.9. The third-order valence-electron chi connectivity index (χ3n) is 2.91. The summed E-state index contributed by atoms with van der Waals surface area (Å²) in [6.45, 7) is 0. The van der Waals surface area contributed by atoms with Gasteiger partial charge in [-0.15, -0.1) is 0 Å². The highest BCUT2D eigenvalue weighted by molar-refractivity contribution is 5.89. The van der Waals surface area contributed by atoms with Crippen LogP contribution in [-0.4, -0.2) is 18.1 Å². The summed E-state index contributed by atoms with van der Waals surface area (Å²) in [6.07, 6.45) is 0. The fourth-order valence-corrected chi connectivity index (χ4v) is 1.95. The van der Waals surface area contributed by atoms with Gasteiger partial charge in [0.1, 0.15) is 0 Å². The molecule has 0 aliphatic heterocycles. The van der Waals surface area contributed by atoms with Crippen LogP contribution in [0.4, 0.5) is 0 Å². The van der Waals surface area contributed by atoms with Gasteiger partial charge in [0.2, 0.25) is 0 Å². The molecule has 0 spiro atoms. The molecule has 2 rings (SSSR count). The minimum absolute atomic E-state index is 0.482. The third-order valence-corrected chi connectivity index (χ3v) is 2.91. The number of hydrogen-bond donors (Lipinski definition) is 2. The number of amides is 1. The van der Waals surface area contributed by atoms with Crippen LogP contribution in [0.15, 0.2) is 60.7 Å². The number of carbonyl (C=O) groups is 1. The van der Waals surface area contributed by atoms with E-state index in [-0.39, 0.29) is 0 Å². The van der Waals surface area contributed by atoms with Crippen molar-refractivity contribution in [3.05, 3.63) is 71.8 Å². The second-order valence-corrected chi connectivity index (χ2v) is 4.08. The molecule has 2 aromatic rings. The summed E-state index contributed by atoms with van der Waals surface area (Å²) in [7, 11) is 1.33. The maximum atomic E-state index is 12.2. The van der Waals surface area contributed by atoms with Gasteiger partial charge in [0, 0.05) is 0 Å². The Morgan fingerprint density at radius 1 is 1.00 bits per heavy atom. The van der Waals surface area contributed by atoms with Gasteiger partial charge >= 0.3 is 0 Å². The minimum Gasteiger partial charge on any atom is -0.372 e. The van der Waals surface area contributed by atoms with Gasteiger partial charge in [-0.1, -0.05) is 60.7 Å². The van der Waals surface area contributed by atoms with Crippen molar-refractivity contribution in [1.29, 1.82) is 0 Å². The predicted octanol–water partition coefficient (Wildman–Crippen LogP) is 1.60. The number of rotatable bonds is 4. The molecule has 4 heteroatoms. The van der Waals surface area contributed by atoms with Crippen molar-refractivity contribution >= 4 is 5.91 Å². The Balaban J connectivity index is 2.54. The highest BCUT2D eigenvalue weighted by Crippen LogP contribution is 2.29. The summed E-state index contributed by atoms with van der Waals surface area (Å²) in [6, 6.07) is 17.5. The molecule has 19 heavy (non-hydrogen) atoms. The quantitative estimate of drug-likeness (QED) is 0.818. The SMILES string of the molecule is CONC(=O)C(O)(c1ccccc1)c1ccccc1. The van der Waals surface area contributed by atoms with Gasteiger partial charge in [-0.25, -0.2) is 5.48 Å². The number of nitrogens with one attached hydrogen (secondary N) is 1. The van der Waals surface area contributed by atoms with Crippen LogP contribution in [0.25, 0.3) is 0 Å². The molecule has 0 atom stereocenters. The van der Waals surface area contributed by atoms with Gasteiger partial charge in [-0.05, 0) is 11.1 Å². The summed E-state index contributed by atoms with van der Waals surface area (Å²) in [5.41, 5.74) is 1.38. The topological polar surface area (TPSA) is 58.6 Å². The van der Waals surface area contributed by atoms with Crippen molar-refractivity contribution < 1.29 is 14.7 Å². The standard InChI is InChI=1S/C15H15NO3/c1-19-16-14(17)15(18,12-8-4-2-5-9-12)13-10-6-3-7-11-13/h2-11,18H,1H3,(H,16,17). The van der Waals surface area contributed by atoms with Crippen LogP contribution in [0.3, 0.4) is 0 Å². The Hall–Kier alpha value is -2.17. The van der Waals surface area contributed by atoms with E-state index in [0.29, 0.717) is 11.1 Å². The fraction of sp³-hybridized carbons (Fsp3) is 0.133. The van der Waals surface area contributed by atoms with Crippen LogP contribution >= 0.6 is 0 Å². The lowest BCUT2D eigenvalue weighted by atomic mass is 9.86. The lowest BCUT2D eigenvalue weighted by molar-refractivity contribution is -0.147. The molecule has 0 aliphatic carbocycles. The largest absolute Gasteiger partial charge is 0.372 e. The molecule has 0 fully saturated rings. The molecule has 0 heterocycles. The molecule has 4 nitrogen and oxygen atoms in total. The van der Waals surface area contributed by atoms with Crippen LogP contribution in [-0.2, 0) is 15.2 Å². The predicted molar refractivity (Wildman–Crippen MR) is 71.0 cm³/mol. The number of hydroxylamine groups is 1. The van der Waals surface area contributed by atoms with Crippen molar-refractivity contribution in [2.45, 2.75) is 5.60 Å². The summed E-state index contributed by atoms with van der Waals surface area (Å²) >= 11 is 0. The van der Waals surface area contributed by atoms with Crippen molar-refractivity contribution in [2.75, 3.05) is 7.11 Å². The Bertz CT molecular complexity index is 500. The number of carbonyl (C=O) groups excluding carboxylic acids is 1. The van der Waals surface area contributed by atoms with Crippen LogP contribution in [0.1, 0.15) is 11.1 Å². The normalized spacial score (nSPS) is 11.1. The van der Waals surface area contributed by atoms with Crippen molar-refractivity contribution in [3.8, 4) is 0 Å². The number of aliphatic hydroxyl groups is 1. The molecule has 2 aromatic carbocycles. The zero-order valence-corrected chi connectivity index (χ0v) is 10.5. The summed E-state index contributed by atoms with van der Waals surface area (Å²) in [5.74, 6) is -0.632. The van der Waals surface area contributed by atoms with E-state index in [4.69, 9.17) is 0 Å². The highest BCUT2D eigenvalue weighted by atomic mass is 16.6. The Morgan fingerprint density at radius 2 is 1.42 bits per heavy atom. The van der Waals surface area contributed by atoms with Gasteiger partial charge in [-0.2, -0.15) is 0 Å². The molecule has 1 amide bonds. The number of benzene rings is 2. The molecular formula is C15H15NO3. The van der Waals surface area contributed by atoms with E-state index in [0.717, 1.165) is 0 Å². The van der Waals surface area contributed by atoms with E-state index >= 15 is 0 Å². The molecule has 2 N–H and O–H groups in total. The first kappa shape index (κ1) is 13.3. The summed E-state index contributed by atoms with van der Waals surface area (Å²) in [4.78, 5) is 16.8. The van der Waals surface area contributed by atoms with E-state index in [2.05, 4.69) is 10.3 Å². The van der Waals surface area contributed by atoms with E-state index in [1.165, 1.54) is 7.11 Å².